The topological polar surface area (TPSA) is 104 Å². The van der Waals surface area contributed by atoms with Crippen molar-refractivity contribution in [3.05, 3.63) is 40.0 Å². The van der Waals surface area contributed by atoms with E-state index in [9.17, 15) is 19.5 Å². The van der Waals surface area contributed by atoms with Crippen LogP contribution < -0.4 is 5.76 Å². The van der Waals surface area contributed by atoms with Gasteiger partial charge in [-0.15, -0.1) is 0 Å². The number of benzene rings is 1. The van der Waals surface area contributed by atoms with E-state index in [-0.39, 0.29) is 23.6 Å². The van der Waals surface area contributed by atoms with Gasteiger partial charge in [0.15, 0.2) is 5.58 Å². The number of aromatic amines is 1. The predicted molar refractivity (Wildman–Crippen MR) is 80.4 cm³/mol. The van der Waals surface area contributed by atoms with Crippen LogP contribution in [-0.4, -0.2) is 32.9 Å². The highest BCUT2D eigenvalue weighted by Crippen LogP contribution is 2.46. The highest BCUT2D eigenvalue weighted by atomic mass is 16.4. The number of amides is 1. The summed E-state index contributed by atoms with van der Waals surface area (Å²) in [5, 5.41) is 9.53. The van der Waals surface area contributed by atoms with Crippen LogP contribution in [-0.2, 0) is 9.59 Å². The minimum absolute atomic E-state index is 0.0508. The number of nitrogens with one attached hydrogen (secondary N) is 1. The predicted octanol–water partition coefficient (Wildman–Crippen LogP) is 1.56. The molecule has 0 bridgehead atoms. The summed E-state index contributed by atoms with van der Waals surface area (Å²) in [6.45, 7) is 1.93. The molecule has 0 spiro atoms. The van der Waals surface area contributed by atoms with E-state index in [1.807, 2.05) is 6.92 Å². The number of hydrogen-bond donors (Lipinski definition) is 2. The molecule has 1 aromatic heterocycles. The molecule has 2 N–H and O–H groups in total. The summed E-state index contributed by atoms with van der Waals surface area (Å²) in [5.74, 6) is -1.89. The van der Waals surface area contributed by atoms with E-state index >= 15 is 0 Å². The highest BCUT2D eigenvalue weighted by molar-refractivity contribution is 6.06. The Hall–Kier alpha value is -2.83. The summed E-state index contributed by atoms with van der Waals surface area (Å²) >= 11 is 0. The molecule has 118 valence electrons. The summed E-state index contributed by atoms with van der Waals surface area (Å²) in [4.78, 5) is 39.0. The van der Waals surface area contributed by atoms with Crippen LogP contribution in [0.5, 0.6) is 0 Å². The van der Waals surface area contributed by atoms with Crippen molar-refractivity contribution in [3.63, 3.8) is 0 Å². The molecular formula is C16H14N2O5. The van der Waals surface area contributed by atoms with E-state index in [0.29, 0.717) is 35.1 Å². The van der Waals surface area contributed by atoms with Gasteiger partial charge >= 0.3 is 11.7 Å². The van der Waals surface area contributed by atoms with Crippen LogP contribution in [0.4, 0.5) is 0 Å². The molecule has 23 heavy (non-hydrogen) atoms. The Labute approximate surface area is 130 Å². The number of nitrogens with zero attached hydrogens (tertiary/aromatic N) is 1. The number of β-lactam (4-membered cyclic amide) rings is 1. The minimum atomic E-state index is -1.11. The zero-order valence-electron chi connectivity index (χ0n) is 12.3. The van der Waals surface area contributed by atoms with Gasteiger partial charge in [-0.2, -0.15) is 0 Å². The van der Waals surface area contributed by atoms with E-state index in [2.05, 4.69) is 4.98 Å². The molecule has 7 nitrogen and oxygen atoms in total. The molecular weight excluding hydrogens is 300 g/mol. The van der Waals surface area contributed by atoms with Crippen LogP contribution in [0.3, 0.4) is 0 Å². The fourth-order valence-corrected chi connectivity index (χ4v) is 3.64. The molecule has 3 heterocycles. The maximum Gasteiger partial charge on any atom is 0.417 e. The van der Waals surface area contributed by atoms with Crippen molar-refractivity contribution in [2.75, 3.05) is 0 Å². The first kappa shape index (κ1) is 13.8. The average molecular weight is 314 g/mol. The second kappa shape index (κ2) is 4.58. The molecule has 1 aromatic carbocycles. The number of fused-ring (bicyclic) bond motifs is 2. The van der Waals surface area contributed by atoms with Gasteiger partial charge in [-0.05, 0) is 36.1 Å². The summed E-state index contributed by atoms with van der Waals surface area (Å²) in [6, 6.07) is 4.96. The van der Waals surface area contributed by atoms with Crippen LogP contribution in [0.15, 0.2) is 33.1 Å². The van der Waals surface area contributed by atoms with E-state index in [1.54, 1.807) is 18.2 Å². The SMILES string of the molecule is CC[C@H]1C(=O)N2C(C(=O)O)=C(c3ccc4oc(=O)[nH]c4c3)CC12. The molecule has 2 aliphatic heterocycles. The third-order valence-corrected chi connectivity index (χ3v) is 4.70. The zero-order valence-corrected chi connectivity index (χ0v) is 12.3. The third-order valence-electron chi connectivity index (χ3n) is 4.70. The first-order valence-electron chi connectivity index (χ1n) is 7.44. The van der Waals surface area contributed by atoms with E-state index in [1.165, 1.54) is 4.90 Å². The molecule has 1 fully saturated rings. The second-order valence-corrected chi connectivity index (χ2v) is 5.85. The van der Waals surface area contributed by atoms with Gasteiger partial charge in [0.05, 0.1) is 17.5 Å². The number of carboxylic acids is 1. The Balaban J connectivity index is 1.84. The lowest BCUT2D eigenvalue weighted by Crippen LogP contribution is -2.58. The van der Waals surface area contributed by atoms with Crippen LogP contribution in [0, 0.1) is 5.92 Å². The summed E-state index contributed by atoms with van der Waals surface area (Å²) in [5.41, 5.74) is 2.28. The van der Waals surface area contributed by atoms with Gasteiger partial charge in [-0.25, -0.2) is 9.59 Å². The normalized spacial score (nSPS) is 23.3. The lowest BCUT2D eigenvalue weighted by atomic mass is 9.84. The molecule has 4 rings (SSSR count). The lowest BCUT2D eigenvalue weighted by Gasteiger charge is -2.42. The molecule has 1 amide bonds. The standard InChI is InChI=1S/C16H14N2O5/c1-2-8-11-6-9(13(15(20)21)18(11)14(8)19)7-3-4-12-10(5-7)17-16(22)23-12/h3-5,8,11H,2,6H2,1H3,(H,17,22)(H,20,21)/t8-,11?/m1/s1. The number of carboxylic acid groups (broad SMARTS) is 1. The van der Waals surface area contributed by atoms with Gasteiger partial charge in [0, 0.05) is 0 Å². The van der Waals surface area contributed by atoms with Crippen molar-refractivity contribution in [3.8, 4) is 0 Å². The second-order valence-electron chi connectivity index (χ2n) is 5.85. The van der Waals surface area contributed by atoms with Crippen LogP contribution in [0.25, 0.3) is 16.7 Å². The van der Waals surface area contributed by atoms with Gasteiger partial charge in [0.25, 0.3) is 0 Å². The van der Waals surface area contributed by atoms with Gasteiger partial charge in [-0.3, -0.25) is 9.78 Å². The first-order chi connectivity index (χ1) is 11.0. The molecule has 2 aliphatic rings. The number of hydrogen-bond acceptors (Lipinski definition) is 4. The first-order valence-corrected chi connectivity index (χ1v) is 7.44. The Morgan fingerprint density at radius 2 is 2.22 bits per heavy atom. The maximum atomic E-state index is 12.1. The summed E-state index contributed by atoms with van der Waals surface area (Å²) < 4.78 is 4.96. The Morgan fingerprint density at radius 3 is 2.91 bits per heavy atom. The monoisotopic (exact) mass is 314 g/mol. The molecule has 0 radical (unpaired) electrons. The Bertz CT molecular complexity index is 935. The number of carbonyl (C=O) groups is 2. The fourth-order valence-electron chi connectivity index (χ4n) is 3.64. The van der Waals surface area contributed by atoms with Crippen LogP contribution in [0.1, 0.15) is 25.3 Å². The highest BCUT2D eigenvalue weighted by Gasteiger charge is 2.54. The van der Waals surface area contributed by atoms with Crippen molar-refractivity contribution >= 4 is 28.5 Å². The third kappa shape index (κ3) is 1.79. The molecule has 7 heteroatoms. The Kier molecular flexibility index (Phi) is 2.75. The van der Waals surface area contributed by atoms with E-state index in [4.69, 9.17) is 4.42 Å². The van der Waals surface area contributed by atoms with Crippen molar-refractivity contribution < 1.29 is 19.1 Å². The lowest BCUT2D eigenvalue weighted by molar-refractivity contribution is -0.155. The number of H-pyrrole nitrogens is 1. The van der Waals surface area contributed by atoms with Crippen LogP contribution >= 0.6 is 0 Å². The van der Waals surface area contributed by atoms with Gasteiger partial charge < -0.3 is 14.4 Å². The summed E-state index contributed by atoms with van der Waals surface area (Å²) in [6.07, 6.45) is 1.22. The molecule has 1 saturated heterocycles. The number of oxazole rings is 1. The average Bonchev–Trinajstić information content (AvgIpc) is 3.04. The van der Waals surface area contributed by atoms with Crippen LogP contribution in [0.2, 0.25) is 0 Å². The number of aromatic nitrogens is 1. The van der Waals surface area contributed by atoms with E-state index in [0.717, 1.165) is 0 Å². The molecule has 2 aromatic rings. The fraction of sp³-hybridized carbons (Fsp3) is 0.312. The molecule has 0 aliphatic carbocycles. The number of rotatable bonds is 3. The number of aliphatic carboxylic acids is 1. The quantitative estimate of drug-likeness (QED) is 0.837. The maximum absolute atomic E-state index is 12.1. The minimum Gasteiger partial charge on any atom is -0.477 e. The van der Waals surface area contributed by atoms with Crippen molar-refractivity contribution in [2.24, 2.45) is 5.92 Å². The molecule has 1 unspecified atom stereocenters. The summed E-state index contributed by atoms with van der Waals surface area (Å²) in [7, 11) is 0. The van der Waals surface area contributed by atoms with Gasteiger partial charge in [0.2, 0.25) is 5.91 Å². The van der Waals surface area contributed by atoms with Crippen molar-refractivity contribution in [1.29, 1.82) is 0 Å². The molecule has 0 saturated carbocycles. The number of carbonyl (C=O) groups excluding carboxylic acids is 1. The van der Waals surface area contributed by atoms with Crippen molar-refractivity contribution in [2.45, 2.75) is 25.8 Å². The van der Waals surface area contributed by atoms with Crippen molar-refractivity contribution in [1.82, 2.24) is 9.88 Å². The zero-order chi connectivity index (χ0) is 16.3. The largest absolute Gasteiger partial charge is 0.477 e. The molecule has 2 atom stereocenters. The van der Waals surface area contributed by atoms with E-state index < -0.39 is 11.7 Å². The van der Waals surface area contributed by atoms with Gasteiger partial charge in [0.1, 0.15) is 5.70 Å². The van der Waals surface area contributed by atoms with Gasteiger partial charge in [-0.1, -0.05) is 13.0 Å². The Morgan fingerprint density at radius 1 is 1.43 bits per heavy atom. The smallest absolute Gasteiger partial charge is 0.417 e.